The van der Waals surface area contributed by atoms with E-state index in [-0.39, 0.29) is 5.41 Å². The number of likely N-dealkylation sites (N-methyl/N-ethyl adjacent to an activating group) is 1. The first-order valence-corrected chi connectivity index (χ1v) is 12.2. The fraction of sp³-hybridized carbons (Fsp3) is 0.333. The van der Waals surface area contributed by atoms with Gasteiger partial charge in [0, 0.05) is 36.3 Å². The number of H-pyrrole nitrogens is 1. The van der Waals surface area contributed by atoms with E-state index in [1.54, 1.807) is 0 Å². The molecule has 7 nitrogen and oxygen atoms in total. The summed E-state index contributed by atoms with van der Waals surface area (Å²) >= 11 is 6.60. The maximum absolute atomic E-state index is 6.60. The second-order valence-corrected chi connectivity index (χ2v) is 9.83. The number of pyridine rings is 1. The third kappa shape index (κ3) is 5.12. The van der Waals surface area contributed by atoms with Crippen molar-refractivity contribution in [1.29, 1.82) is 0 Å². The van der Waals surface area contributed by atoms with Crippen LogP contribution in [0.15, 0.2) is 54.6 Å². The SMILES string of the molecule is CNCC(C)(C)c1ccc(Oc2nc3nc(-c4ccc(N5CCOCC5)cc4)c(Cl)cc3[nH]2)cc1. The number of hydrogen-bond donors (Lipinski definition) is 2. The van der Waals surface area contributed by atoms with Crippen molar-refractivity contribution in [2.45, 2.75) is 19.3 Å². The number of nitrogens with one attached hydrogen (secondary N) is 2. The molecule has 5 rings (SSSR count). The van der Waals surface area contributed by atoms with Crippen LogP contribution in [-0.4, -0.2) is 54.8 Å². The maximum Gasteiger partial charge on any atom is 0.301 e. The first-order valence-electron chi connectivity index (χ1n) is 11.9. The van der Waals surface area contributed by atoms with Crippen molar-refractivity contribution >= 4 is 28.5 Å². The Balaban J connectivity index is 1.35. The van der Waals surface area contributed by atoms with Gasteiger partial charge in [0.05, 0.1) is 29.4 Å². The van der Waals surface area contributed by atoms with E-state index in [0.717, 1.165) is 43.9 Å². The summed E-state index contributed by atoms with van der Waals surface area (Å²) in [5.41, 5.74) is 5.37. The first kappa shape index (κ1) is 23.6. The molecule has 0 spiro atoms. The standard InChI is InChI=1S/C27H30ClN5O2/c1-27(2,17-29-3)19-6-10-21(11-7-19)35-26-30-23-16-22(28)24(31-25(23)32-26)18-4-8-20(9-5-18)33-12-14-34-15-13-33/h4-11,16,29H,12-15,17H2,1-3H3,(H,30,31,32). The zero-order valence-electron chi connectivity index (χ0n) is 20.3. The Bertz CT molecular complexity index is 1300. The molecule has 0 unspecified atom stereocenters. The minimum Gasteiger partial charge on any atom is -0.426 e. The highest BCUT2D eigenvalue weighted by Gasteiger charge is 2.20. The van der Waals surface area contributed by atoms with Crippen molar-refractivity contribution in [3.63, 3.8) is 0 Å². The number of aromatic nitrogens is 3. The lowest BCUT2D eigenvalue weighted by Gasteiger charge is -2.28. The van der Waals surface area contributed by atoms with E-state index in [2.05, 4.69) is 58.3 Å². The quantitative estimate of drug-likeness (QED) is 0.360. The lowest BCUT2D eigenvalue weighted by Crippen LogP contribution is -2.36. The molecule has 35 heavy (non-hydrogen) atoms. The molecule has 3 heterocycles. The van der Waals surface area contributed by atoms with Gasteiger partial charge in [-0.2, -0.15) is 4.98 Å². The number of ether oxygens (including phenoxy) is 2. The number of aromatic amines is 1. The second kappa shape index (κ2) is 9.85. The zero-order valence-corrected chi connectivity index (χ0v) is 21.0. The number of hydrogen-bond acceptors (Lipinski definition) is 6. The van der Waals surface area contributed by atoms with Gasteiger partial charge in [-0.1, -0.05) is 49.7 Å². The number of fused-ring (bicyclic) bond motifs is 1. The highest BCUT2D eigenvalue weighted by Crippen LogP contribution is 2.32. The molecule has 1 fully saturated rings. The van der Waals surface area contributed by atoms with Gasteiger partial charge in [0.15, 0.2) is 5.65 Å². The fourth-order valence-electron chi connectivity index (χ4n) is 4.43. The highest BCUT2D eigenvalue weighted by atomic mass is 35.5. The van der Waals surface area contributed by atoms with E-state index >= 15 is 0 Å². The van der Waals surface area contributed by atoms with Crippen LogP contribution in [0, 0.1) is 0 Å². The molecule has 1 aliphatic rings. The number of nitrogens with zero attached hydrogens (tertiary/aromatic N) is 3. The van der Waals surface area contributed by atoms with Gasteiger partial charge in [0.1, 0.15) is 5.75 Å². The fourth-order valence-corrected chi connectivity index (χ4v) is 4.69. The van der Waals surface area contributed by atoms with Gasteiger partial charge in [0.2, 0.25) is 0 Å². The van der Waals surface area contributed by atoms with Crippen LogP contribution in [0.2, 0.25) is 5.02 Å². The number of halogens is 1. The molecule has 2 aromatic heterocycles. The Morgan fingerprint density at radius 3 is 2.46 bits per heavy atom. The lowest BCUT2D eigenvalue weighted by molar-refractivity contribution is 0.122. The van der Waals surface area contributed by atoms with Crippen LogP contribution in [0.1, 0.15) is 19.4 Å². The van der Waals surface area contributed by atoms with Gasteiger partial charge >= 0.3 is 6.01 Å². The molecule has 182 valence electrons. The molecule has 0 amide bonds. The smallest absolute Gasteiger partial charge is 0.301 e. The molecule has 1 saturated heterocycles. The van der Waals surface area contributed by atoms with E-state index in [9.17, 15) is 0 Å². The second-order valence-electron chi connectivity index (χ2n) is 9.42. The van der Waals surface area contributed by atoms with Crippen LogP contribution < -0.4 is 15.0 Å². The van der Waals surface area contributed by atoms with Crippen molar-refractivity contribution in [1.82, 2.24) is 20.3 Å². The maximum atomic E-state index is 6.60. The Morgan fingerprint density at radius 2 is 1.77 bits per heavy atom. The normalized spacial score (nSPS) is 14.5. The molecule has 2 N–H and O–H groups in total. The van der Waals surface area contributed by atoms with Gasteiger partial charge in [-0.25, -0.2) is 4.98 Å². The van der Waals surface area contributed by atoms with E-state index in [0.29, 0.717) is 28.1 Å². The van der Waals surface area contributed by atoms with Crippen molar-refractivity contribution in [2.75, 3.05) is 44.8 Å². The number of morpholine rings is 1. The zero-order chi connectivity index (χ0) is 24.4. The van der Waals surface area contributed by atoms with Crippen LogP contribution in [0.5, 0.6) is 11.8 Å². The van der Waals surface area contributed by atoms with E-state index in [1.807, 2.05) is 37.4 Å². The Hall–Kier alpha value is -3.13. The third-order valence-electron chi connectivity index (χ3n) is 6.39. The summed E-state index contributed by atoms with van der Waals surface area (Å²) in [6, 6.07) is 18.6. The third-order valence-corrected chi connectivity index (χ3v) is 6.68. The van der Waals surface area contributed by atoms with Crippen LogP contribution in [-0.2, 0) is 10.2 Å². The number of benzene rings is 2. The summed E-state index contributed by atoms with van der Waals surface area (Å²) in [7, 11) is 1.97. The summed E-state index contributed by atoms with van der Waals surface area (Å²) in [4.78, 5) is 14.8. The molecule has 8 heteroatoms. The van der Waals surface area contributed by atoms with Crippen molar-refractivity contribution < 1.29 is 9.47 Å². The van der Waals surface area contributed by atoms with Crippen LogP contribution in [0.4, 0.5) is 5.69 Å². The topological polar surface area (TPSA) is 75.3 Å². The molecule has 4 aromatic rings. The predicted molar refractivity (Wildman–Crippen MR) is 141 cm³/mol. The van der Waals surface area contributed by atoms with Crippen molar-refractivity contribution in [3.8, 4) is 23.0 Å². The van der Waals surface area contributed by atoms with Crippen LogP contribution >= 0.6 is 11.6 Å². The first-order chi connectivity index (χ1) is 16.9. The van der Waals surface area contributed by atoms with Crippen LogP contribution in [0.25, 0.3) is 22.4 Å². The minimum absolute atomic E-state index is 0.0319. The van der Waals surface area contributed by atoms with Gasteiger partial charge in [-0.15, -0.1) is 0 Å². The highest BCUT2D eigenvalue weighted by molar-refractivity contribution is 6.33. The van der Waals surface area contributed by atoms with Crippen LogP contribution in [0.3, 0.4) is 0 Å². The van der Waals surface area contributed by atoms with Crippen molar-refractivity contribution in [3.05, 3.63) is 65.2 Å². The molecule has 0 atom stereocenters. The Kier molecular flexibility index (Phi) is 6.65. The summed E-state index contributed by atoms with van der Waals surface area (Å²) in [5, 5.41) is 3.80. The largest absolute Gasteiger partial charge is 0.426 e. The summed E-state index contributed by atoms with van der Waals surface area (Å²) in [5.74, 6) is 0.707. The average Bonchev–Trinajstić information content (AvgIpc) is 3.25. The van der Waals surface area contributed by atoms with E-state index < -0.39 is 0 Å². The average molecular weight is 492 g/mol. The van der Waals surface area contributed by atoms with Gasteiger partial charge in [-0.3, -0.25) is 0 Å². The number of imidazole rings is 1. The van der Waals surface area contributed by atoms with Crippen molar-refractivity contribution in [2.24, 2.45) is 0 Å². The molecule has 0 saturated carbocycles. The molecule has 2 aromatic carbocycles. The summed E-state index contributed by atoms with van der Waals surface area (Å²) in [6.45, 7) is 8.63. The summed E-state index contributed by atoms with van der Waals surface area (Å²) in [6.07, 6.45) is 0. The Morgan fingerprint density at radius 1 is 1.06 bits per heavy atom. The molecule has 0 radical (unpaired) electrons. The lowest BCUT2D eigenvalue weighted by atomic mass is 9.84. The molecular weight excluding hydrogens is 462 g/mol. The molecule has 0 bridgehead atoms. The number of anilines is 1. The molecule has 0 aliphatic carbocycles. The monoisotopic (exact) mass is 491 g/mol. The van der Waals surface area contributed by atoms with Gasteiger partial charge in [0.25, 0.3) is 0 Å². The van der Waals surface area contributed by atoms with E-state index in [1.165, 1.54) is 11.3 Å². The summed E-state index contributed by atoms with van der Waals surface area (Å²) < 4.78 is 11.4. The molecular formula is C27H30ClN5O2. The predicted octanol–water partition coefficient (Wildman–Crippen LogP) is 5.40. The molecule has 1 aliphatic heterocycles. The Labute approximate surface area is 210 Å². The van der Waals surface area contributed by atoms with E-state index in [4.69, 9.17) is 26.1 Å². The van der Waals surface area contributed by atoms with Gasteiger partial charge in [-0.05, 0) is 42.9 Å². The van der Waals surface area contributed by atoms with Gasteiger partial charge < -0.3 is 24.7 Å². The number of rotatable bonds is 7. The minimum atomic E-state index is 0.0319.